The lowest BCUT2D eigenvalue weighted by Gasteiger charge is -2.10. The van der Waals surface area contributed by atoms with Crippen molar-refractivity contribution >= 4 is 5.91 Å². The Morgan fingerprint density at radius 2 is 2.32 bits per heavy atom. The van der Waals surface area contributed by atoms with E-state index in [2.05, 4.69) is 17.2 Å². The lowest BCUT2D eigenvalue weighted by atomic mass is 10.1. The highest BCUT2D eigenvalue weighted by Crippen LogP contribution is 2.09. The van der Waals surface area contributed by atoms with Gasteiger partial charge in [0.05, 0.1) is 18.2 Å². The number of amides is 1. The first kappa shape index (κ1) is 15.2. The van der Waals surface area contributed by atoms with Crippen LogP contribution in [0.1, 0.15) is 22.8 Å². The first-order valence-corrected chi connectivity index (χ1v) is 5.88. The molecule has 0 heterocycles. The number of rotatable bonds is 4. The summed E-state index contributed by atoms with van der Waals surface area (Å²) in [6.45, 7) is 2.36. The minimum absolute atomic E-state index is 0.0940. The van der Waals surface area contributed by atoms with Crippen LogP contribution in [0, 0.1) is 17.7 Å². The summed E-state index contributed by atoms with van der Waals surface area (Å²) in [6, 6.07) is 4.15. The van der Waals surface area contributed by atoms with E-state index in [4.69, 9.17) is 10.5 Å². The van der Waals surface area contributed by atoms with E-state index in [9.17, 15) is 9.18 Å². The number of methoxy groups -OCH3 is 1. The zero-order valence-corrected chi connectivity index (χ0v) is 11.0. The zero-order chi connectivity index (χ0) is 14.3. The highest BCUT2D eigenvalue weighted by Gasteiger charge is 2.09. The molecule has 0 saturated heterocycles. The Bertz CT molecular complexity index is 506. The minimum Gasteiger partial charge on any atom is -0.380 e. The van der Waals surface area contributed by atoms with Gasteiger partial charge in [0.2, 0.25) is 0 Å². The van der Waals surface area contributed by atoms with E-state index in [-0.39, 0.29) is 29.7 Å². The van der Waals surface area contributed by atoms with Crippen molar-refractivity contribution in [2.75, 3.05) is 20.2 Å². The average molecular weight is 264 g/mol. The third kappa shape index (κ3) is 4.70. The molecule has 0 bridgehead atoms. The first-order chi connectivity index (χ1) is 9.08. The maximum atomic E-state index is 13.7. The zero-order valence-electron chi connectivity index (χ0n) is 11.0. The Morgan fingerprint density at radius 3 is 2.89 bits per heavy atom. The highest BCUT2D eigenvalue weighted by atomic mass is 19.1. The van der Waals surface area contributed by atoms with Crippen molar-refractivity contribution < 1.29 is 13.9 Å². The fourth-order valence-corrected chi connectivity index (χ4v) is 1.33. The van der Waals surface area contributed by atoms with Gasteiger partial charge in [0.25, 0.3) is 5.91 Å². The van der Waals surface area contributed by atoms with Gasteiger partial charge >= 0.3 is 0 Å². The number of ether oxygens (including phenoxy) is 1. The molecule has 102 valence electrons. The molecule has 0 aliphatic carbocycles. The third-order valence-corrected chi connectivity index (χ3v) is 2.51. The predicted molar refractivity (Wildman–Crippen MR) is 71.1 cm³/mol. The molecule has 1 amide bonds. The molecule has 1 aromatic carbocycles. The molecule has 3 N–H and O–H groups in total. The second-order valence-electron chi connectivity index (χ2n) is 3.96. The number of halogens is 1. The Labute approximate surface area is 112 Å². The molecule has 1 atom stereocenters. The maximum absolute atomic E-state index is 13.7. The standard InChI is InChI=1S/C14H17FN2O2/c1-10(19-2)9-17-14(18)12-6-5-11(4-3-7-16)13(15)8-12/h5-6,8,10H,7,9,16H2,1-2H3,(H,17,18). The quantitative estimate of drug-likeness (QED) is 0.794. The van der Waals surface area contributed by atoms with Crippen molar-refractivity contribution in [1.82, 2.24) is 5.32 Å². The van der Waals surface area contributed by atoms with Crippen LogP contribution in [-0.2, 0) is 4.74 Å². The normalized spacial score (nSPS) is 11.4. The van der Waals surface area contributed by atoms with Crippen LogP contribution in [0.5, 0.6) is 0 Å². The van der Waals surface area contributed by atoms with E-state index in [1.807, 2.05) is 6.92 Å². The minimum atomic E-state index is -0.534. The Kier molecular flexibility index (Phi) is 6.00. The number of carbonyl (C=O) groups is 1. The lowest BCUT2D eigenvalue weighted by Crippen LogP contribution is -2.31. The summed E-state index contributed by atoms with van der Waals surface area (Å²) in [4.78, 5) is 11.8. The first-order valence-electron chi connectivity index (χ1n) is 5.88. The van der Waals surface area contributed by atoms with Gasteiger partial charge in [-0.2, -0.15) is 0 Å². The Morgan fingerprint density at radius 1 is 1.58 bits per heavy atom. The smallest absolute Gasteiger partial charge is 0.251 e. The molecule has 0 radical (unpaired) electrons. The third-order valence-electron chi connectivity index (χ3n) is 2.51. The van der Waals surface area contributed by atoms with Crippen molar-refractivity contribution in [3.05, 3.63) is 35.1 Å². The molecular weight excluding hydrogens is 247 g/mol. The Balaban J connectivity index is 2.74. The van der Waals surface area contributed by atoms with Gasteiger partial charge in [-0.05, 0) is 25.1 Å². The van der Waals surface area contributed by atoms with Crippen molar-refractivity contribution in [1.29, 1.82) is 0 Å². The number of hydrogen-bond donors (Lipinski definition) is 2. The number of benzene rings is 1. The fourth-order valence-electron chi connectivity index (χ4n) is 1.33. The number of carbonyl (C=O) groups excluding carboxylic acids is 1. The van der Waals surface area contributed by atoms with Crippen LogP contribution in [0.15, 0.2) is 18.2 Å². The van der Waals surface area contributed by atoms with E-state index < -0.39 is 5.82 Å². The van der Waals surface area contributed by atoms with Gasteiger partial charge in [-0.25, -0.2) is 4.39 Å². The molecule has 0 aliphatic rings. The van der Waals surface area contributed by atoms with E-state index in [1.165, 1.54) is 12.1 Å². The molecular formula is C14H17FN2O2. The average Bonchev–Trinajstić information content (AvgIpc) is 2.42. The summed E-state index contributed by atoms with van der Waals surface area (Å²) in [5.74, 6) is 4.28. The van der Waals surface area contributed by atoms with Gasteiger partial charge in [0.15, 0.2) is 0 Å². The van der Waals surface area contributed by atoms with Gasteiger partial charge < -0.3 is 15.8 Å². The second-order valence-corrected chi connectivity index (χ2v) is 3.96. The van der Waals surface area contributed by atoms with Gasteiger partial charge in [0, 0.05) is 19.2 Å². The molecule has 0 aromatic heterocycles. The van der Waals surface area contributed by atoms with Crippen molar-refractivity contribution in [2.24, 2.45) is 5.73 Å². The van der Waals surface area contributed by atoms with Gasteiger partial charge in [-0.3, -0.25) is 4.79 Å². The van der Waals surface area contributed by atoms with Crippen LogP contribution >= 0.6 is 0 Å². The van der Waals surface area contributed by atoms with Gasteiger partial charge in [0.1, 0.15) is 5.82 Å². The predicted octanol–water partition coefficient (Wildman–Crippen LogP) is 0.901. The van der Waals surface area contributed by atoms with Gasteiger partial charge in [-0.1, -0.05) is 11.8 Å². The molecule has 4 nitrogen and oxygen atoms in total. The van der Waals surface area contributed by atoms with Crippen LogP contribution in [0.2, 0.25) is 0 Å². The summed E-state index contributed by atoms with van der Waals surface area (Å²) in [5.41, 5.74) is 5.69. The number of nitrogens with two attached hydrogens (primary N) is 1. The summed E-state index contributed by atoms with van der Waals surface area (Å²) in [6.07, 6.45) is -0.0940. The monoisotopic (exact) mass is 264 g/mol. The molecule has 0 saturated carbocycles. The topological polar surface area (TPSA) is 64.3 Å². The van der Waals surface area contributed by atoms with Crippen molar-refractivity contribution in [3.63, 3.8) is 0 Å². The molecule has 0 spiro atoms. The SMILES string of the molecule is COC(C)CNC(=O)c1ccc(C#CCN)c(F)c1. The summed E-state index contributed by atoms with van der Waals surface area (Å²) >= 11 is 0. The Hall–Kier alpha value is -1.90. The summed E-state index contributed by atoms with van der Waals surface area (Å²) in [7, 11) is 1.56. The largest absolute Gasteiger partial charge is 0.380 e. The van der Waals surface area contributed by atoms with E-state index in [0.29, 0.717) is 6.54 Å². The molecule has 1 rings (SSSR count). The fraction of sp³-hybridized carbons (Fsp3) is 0.357. The molecule has 0 fully saturated rings. The van der Waals surface area contributed by atoms with E-state index in [1.54, 1.807) is 7.11 Å². The van der Waals surface area contributed by atoms with Crippen LogP contribution in [-0.4, -0.2) is 32.2 Å². The molecule has 19 heavy (non-hydrogen) atoms. The van der Waals surface area contributed by atoms with Crippen LogP contribution in [0.4, 0.5) is 4.39 Å². The van der Waals surface area contributed by atoms with Crippen molar-refractivity contribution in [3.8, 4) is 11.8 Å². The number of hydrogen-bond acceptors (Lipinski definition) is 3. The van der Waals surface area contributed by atoms with Crippen LogP contribution in [0.3, 0.4) is 0 Å². The second kappa shape index (κ2) is 7.52. The van der Waals surface area contributed by atoms with Gasteiger partial charge in [-0.15, -0.1) is 0 Å². The van der Waals surface area contributed by atoms with E-state index >= 15 is 0 Å². The lowest BCUT2D eigenvalue weighted by molar-refractivity contribution is 0.0870. The molecule has 1 aromatic rings. The summed E-state index contributed by atoms with van der Waals surface area (Å²) < 4.78 is 18.7. The summed E-state index contributed by atoms with van der Waals surface area (Å²) in [5, 5.41) is 2.65. The van der Waals surface area contributed by atoms with Crippen LogP contribution in [0.25, 0.3) is 0 Å². The van der Waals surface area contributed by atoms with Crippen molar-refractivity contribution in [2.45, 2.75) is 13.0 Å². The number of nitrogens with one attached hydrogen (secondary N) is 1. The maximum Gasteiger partial charge on any atom is 0.251 e. The molecule has 5 heteroatoms. The highest BCUT2D eigenvalue weighted by molar-refractivity contribution is 5.94. The molecule has 1 unspecified atom stereocenters. The molecule has 0 aliphatic heterocycles. The van der Waals surface area contributed by atoms with E-state index in [0.717, 1.165) is 6.07 Å². The van der Waals surface area contributed by atoms with Crippen LogP contribution < -0.4 is 11.1 Å².